The summed E-state index contributed by atoms with van der Waals surface area (Å²) in [5, 5.41) is 0. The van der Waals surface area contributed by atoms with Crippen LogP contribution in [0, 0.1) is 10.5 Å². The molecule has 2 N–H and O–H groups in total. The van der Waals surface area contributed by atoms with Crippen LogP contribution in [0.2, 0.25) is 0 Å². The van der Waals surface area contributed by atoms with Crippen molar-refractivity contribution in [2.45, 2.75) is 26.9 Å². The molecule has 0 aliphatic rings. The summed E-state index contributed by atoms with van der Waals surface area (Å²) in [6.07, 6.45) is -0.0991. The Morgan fingerprint density at radius 3 is 2.64 bits per heavy atom. The van der Waals surface area contributed by atoms with Gasteiger partial charge in [0.15, 0.2) is 5.82 Å². The lowest BCUT2D eigenvalue weighted by molar-refractivity contribution is 0.0700. The van der Waals surface area contributed by atoms with Gasteiger partial charge in [0.1, 0.15) is 11.9 Å². The van der Waals surface area contributed by atoms with E-state index in [-0.39, 0.29) is 6.10 Å². The number of rotatable bonds is 3. The molecular formula is C9H14IN3O. The van der Waals surface area contributed by atoms with Crippen molar-refractivity contribution in [1.29, 1.82) is 0 Å². The summed E-state index contributed by atoms with van der Waals surface area (Å²) >= 11 is 2.14. The number of nitrogens with two attached hydrogens (primary N) is 1. The minimum atomic E-state index is -0.0991. The van der Waals surface area contributed by atoms with Crippen LogP contribution >= 0.6 is 22.6 Å². The zero-order chi connectivity index (χ0) is 10.7. The van der Waals surface area contributed by atoms with Crippen LogP contribution in [-0.4, -0.2) is 16.6 Å². The van der Waals surface area contributed by atoms with E-state index in [0.29, 0.717) is 18.2 Å². The van der Waals surface area contributed by atoms with Crippen LogP contribution in [0.3, 0.4) is 0 Å². The molecule has 0 spiro atoms. The Morgan fingerprint density at radius 1 is 1.50 bits per heavy atom. The van der Waals surface area contributed by atoms with Gasteiger partial charge in [-0.2, -0.15) is 0 Å². The van der Waals surface area contributed by atoms with Crippen LogP contribution in [0.25, 0.3) is 0 Å². The zero-order valence-corrected chi connectivity index (χ0v) is 10.7. The average molecular weight is 307 g/mol. The first-order valence-electron chi connectivity index (χ1n) is 4.47. The molecule has 1 aromatic heterocycles. The van der Waals surface area contributed by atoms with Gasteiger partial charge < -0.3 is 10.5 Å². The molecule has 0 fully saturated rings. The Bertz CT molecular complexity index is 307. The maximum Gasteiger partial charge on any atom is 0.159 e. The standard InChI is InChI=1S/C9H14IN3O/c1-4-14-6(3)9-12-5(2)7(10)8(11)13-9/h6H,4H2,1-3H3,(H2,11,12,13). The minimum absolute atomic E-state index is 0.0991. The number of hydrogen-bond acceptors (Lipinski definition) is 4. The molecule has 1 heterocycles. The van der Waals surface area contributed by atoms with Gasteiger partial charge in [-0.25, -0.2) is 9.97 Å². The van der Waals surface area contributed by atoms with Crippen LogP contribution in [0.4, 0.5) is 5.82 Å². The monoisotopic (exact) mass is 307 g/mol. The predicted molar refractivity (Wildman–Crippen MR) is 63.9 cm³/mol. The first kappa shape index (κ1) is 11.6. The van der Waals surface area contributed by atoms with Crippen LogP contribution in [0.15, 0.2) is 0 Å². The quantitative estimate of drug-likeness (QED) is 0.869. The van der Waals surface area contributed by atoms with Gasteiger partial charge in [-0.05, 0) is 43.4 Å². The highest BCUT2D eigenvalue weighted by atomic mass is 127. The lowest BCUT2D eigenvalue weighted by Crippen LogP contribution is -2.10. The third-order valence-electron chi connectivity index (χ3n) is 1.84. The molecule has 14 heavy (non-hydrogen) atoms. The van der Waals surface area contributed by atoms with Crippen molar-refractivity contribution in [3.8, 4) is 0 Å². The summed E-state index contributed by atoms with van der Waals surface area (Å²) in [6, 6.07) is 0. The number of aromatic nitrogens is 2. The second kappa shape index (κ2) is 4.88. The molecule has 1 unspecified atom stereocenters. The Balaban J connectivity index is 3.00. The lowest BCUT2D eigenvalue weighted by atomic mass is 10.3. The van der Waals surface area contributed by atoms with Gasteiger partial charge in [0.25, 0.3) is 0 Å². The van der Waals surface area contributed by atoms with Crippen molar-refractivity contribution < 1.29 is 4.74 Å². The van der Waals surface area contributed by atoms with E-state index in [2.05, 4.69) is 32.6 Å². The average Bonchev–Trinajstić information content (AvgIpc) is 2.13. The predicted octanol–water partition coefficient (Wildman–Crippen LogP) is 2.07. The molecule has 4 nitrogen and oxygen atoms in total. The molecular weight excluding hydrogens is 293 g/mol. The van der Waals surface area contributed by atoms with Crippen molar-refractivity contribution >= 4 is 28.4 Å². The molecule has 0 radical (unpaired) electrons. The van der Waals surface area contributed by atoms with Gasteiger partial charge >= 0.3 is 0 Å². The number of anilines is 1. The van der Waals surface area contributed by atoms with E-state index in [9.17, 15) is 0 Å². The van der Waals surface area contributed by atoms with Crippen molar-refractivity contribution in [1.82, 2.24) is 9.97 Å². The van der Waals surface area contributed by atoms with Crippen LogP contribution in [-0.2, 0) is 4.74 Å². The summed E-state index contributed by atoms with van der Waals surface area (Å²) < 4.78 is 6.31. The smallest absolute Gasteiger partial charge is 0.159 e. The number of ether oxygens (including phenoxy) is 1. The summed E-state index contributed by atoms with van der Waals surface area (Å²) in [5.74, 6) is 1.18. The Labute approximate surface area is 97.4 Å². The van der Waals surface area contributed by atoms with E-state index in [1.54, 1.807) is 0 Å². The fourth-order valence-corrected chi connectivity index (χ4v) is 1.35. The maximum absolute atomic E-state index is 5.74. The lowest BCUT2D eigenvalue weighted by Gasteiger charge is -2.12. The molecule has 0 bridgehead atoms. The number of hydrogen-bond donors (Lipinski definition) is 1. The number of nitrogens with zero attached hydrogens (tertiary/aromatic N) is 2. The molecule has 5 heteroatoms. The number of halogens is 1. The highest BCUT2D eigenvalue weighted by Crippen LogP contribution is 2.19. The molecule has 0 aliphatic heterocycles. The fraction of sp³-hybridized carbons (Fsp3) is 0.556. The fourth-order valence-electron chi connectivity index (χ4n) is 1.11. The molecule has 0 amide bonds. The molecule has 1 atom stereocenters. The van der Waals surface area contributed by atoms with Gasteiger partial charge in [0.2, 0.25) is 0 Å². The Hall–Kier alpha value is -0.430. The summed E-state index contributed by atoms with van der Waals surface area (Å²) in [5.41, 5.74) is 6.64. The Kier molecular flexibility index (Phi) is 4.06. The van der Waals surface area contributed by atoms with Crippen molar-refractivity contribution in [2.24, 2.45) is 0 Å². The van der Waals surface area contributed by atoms with E-state index in [0.717, 1.165) is 9.26 Å². The Morgan fingerprint density at radius 2 is 2.14 bits per heavy atom. The van der Waals surface area contributed by atoms with E-state index in [1.165, 1.54) is 0 Å². The second-order valence-electron chi connectivity index (χ2n) is 2.96. The molecule has 0 aromatic carbocycles. The zero-order valence-electron chi connectivity index (χ0n) is 8.54. The largest absolute Gasteiger partial charge is 0.383 e. The molecule has 0 aliphatic carbocycles. The minimum Gasteiger partial charge on any atom is -0.383 e. The van der Waals surface area contributed by atoms with E-state index in [1.807, 2.05) is 20.8 Å². The topological polar surface area (TPSA) is 61.0 Å². The van der Waals surface area contributed by atoms with Crippen LogP contribution in [0.5, 0.6) is 0 Å². The summed E-state index contributed by atoms with van der Waals surface area (Å²) in [6.45, 7) is 6.43. The number of nitrogen functional groups attached to an aromatic ring is 1. The molecule has 0 saturated heterocycles. The number of aryl methyl sites for hydroxylation is 1. The molecule has 1 aromatic rings. The van der Waals surface area contributed by atoms with Crippen LogP contribution < -0.4 is 5.73 Å². The van der Waals surface area contributed by atoms with Gasteiger partial charge in [-0.15, -0.1) is 0 Å². The summed E-state index contributed by atoms with van der Waals surface area (Å²) in [4.78, 5) is 8.51. The van der Waals surface area contributed by atoms with Gasteiger partial charge in [-0.1, -0.05) is 0 Å². The third kappa shape index (κ3) is 2.54. The highest BCUT2D eigenvalue weighted by Gasteiger charge is 2.12. The van der Waals surface area contributed by atoms with Gasteiger partial charge in [0, 0.05) is 6.61 Å². The first-order chi connectivity index (χ1) is 6.56. The summed E-state index contributed by atoms with van der Waals surface area (Å²) in [7, 11) is 0. The van der Waals surface area contributed by atoms with Gasteiger partial charge in [-0.3, -0.25) is 0 Å². The van der Waals surface area contributed by atoms with Gasteiger partial charge in [0.05, 0.1) is 9.26 Å². The first-order valence-corrected chi connectivity index (χ1v) is 5.55. The van der Waals surface area contributed by atoms with E-state index in [4.69, 9.17) is 10.5 Å². The highest BCUT2D eigenvalue weighted by molar-refractivity contribution is 14.1. The van der Waals surface area contributed by atoms with Crippen molar-refractivity contribution in [2.75, 3.05) is 12.3 Å². The maximum atomic E-state index is 5.74. The van der Waals surface area contributed by atoms with E-state index >= 15 is 0 Å². The normalized spacial score (nSPS) is 12.9. The van der Waals surface area contributed by atoms with E-state index < -0.39 is 0 Å². The third-order valence-corrected chi connectivity index (χ3v) is 3.17. The second-order valence-corrected chi connectivity index (χ2v) is 4.04. The SMILES string of the molecule is CCOC(C)c1nc(C)c(I)c(N)n1. The van der Waals surface area contributed by atoms with Crippen molar-refractivity contribution in [3.63, 3.8) is 0 Å². The van der Waals surface area contributed by atoms with Crippen LogP contribution in [0.1, 0.15) is 31.5 Å². The molecule has 1 rings (SSSR count). The van der Waals surface area contributed by atoms with Crippen molar-refractivity contribution in [3.05, 3.63) is 15.1 Å². The molecule has 0 saturated carbocycles. The molecule has 78 valence electrons.